The Balaban J connectivity index is 2.85. The highest BCUT2D eigenvalue weighted by atomic mass is 16.4. The van der Waals surface area contributed by atoms with Gasteiger partial charge >= 0.3 is 5.97 Å². The van der Waals surface area contributed by atoms with E-state index in [1.807, 2.05) is 32.9 Å². The number of aryl methyl sites for hydroxylation is 1. The van der Waals surface area contributed by atoms with Crippen LogP contribution in [-0.4, -0.2) is 17.0 Å². The van der Waals surface area contributed by atoms with Gasteiger partial charge in [0.15, 0.2) is 0 Å². The number of amides is 1. The highest BCUT2D eigenvalue weighted by Crippen LogP contribution is 2.18. The van der Waals surface area contributed by atoms with E-state index in [1.54, 1.807) is 6.07 Å². The third-order valence-electron chi connectivity index (χ3n) is 2.55. The Morgan fingerprint density at radius 1 is 1.37 bits per heavy atom. The molecule has 4 heteroatoms. The second kappa shape index (κ2) is 6.73. The number of hydrogen-bond acceptors (Lipinski definition) is 2. The van der Waals surface area contributed by atoms with Crippen molar-refractivity contribution in [3.8, 4) is 0 Å². The van der Waals surface area contributed by atoms with Crippen molar-refractivity contribution in [3.63, 3.8) is 0 Å². The van der Waals surface area contributed by atoms with E-state index in [9.17, 15) is 9.59 Å². The highest BCUT2D eigenvalue weighted by molar-refractivity contribution is 5.92. The fourth-order valence-corrected chi connectivity index (χ4v) is 1.62. The average Bonchev–Trinajstić information content (AvgIpc) is 2.29. The second-order valence-electron chi connectivity index (χ2n) is 4.89. The van der Waals surface area contributed by atoms with E-state index < -0.39 is 5.97 Å². The van der Waals surface area contributed by atoms with Crippen LogP contribution in [0.2, 0.25) is 0 Å². The molecule has 0 atom stereocenters. The number of hydrogen-bond donors (Lipinski definition) is 2. The molecule has 1 amide bonds. The average molecular weight is 261 g/mol. The van der Waals surface area contributed by atoms with Gasteiger partial charge in [0.05, 0.1) is 0 Å². The van der Waals surface area contributed by atoms with Crippen molar-refractivity contribution in [1.82, 2.24) is 0 Å². The van der Waals surface area contributed by atoms with Crippen molar-refractivity contribution < 1.29 is 14.7 Å². The van der Waals surface area contributed by atoms with E-state index >= 15 is 0 Å². The molecular formula is C15H19NO3. The van der Waals surface area contributed by atoms with Crippen LogP contribution in [0.25, 0.3) is 6.08 Å². The molecule has 1 aromatic carbocycles. The first kappa shape index (κ1) is 15.0. The molecule has 19 heavy (non-hydrogen) atoms. The first-order chi connectivity index (χ1) is 8.88. The molecule has 2 N–H and O–H groups in total. The first-order valence-electron chi connectivity index (χ1n) is 6.20. The van der Waals surface area contributed by atoms with Crippen LogP contribution in [0.5, 0.6) is 0 Å². The van der Waals surface area contributed by atoms with Crippen LogP contribution in [0.1, 0.15) is 31.4 Å². The van der Waals surface area contributed by atoms with Gasteiger partial charge in [-0.05, 0) is 36.1 Å². The lowest BCUT2D eigenvalue weighted by molar-refractivity contribution is -0.131. The lowest BCUT2D eigenvalue weighted by Crippen LogP contribution is -2.14. The van der Waals surface area contributed by atoms with Crippen molar-refractivity contribution in [1.29, 1.82) is 0 Å². The number of nitrogens with one attached hydrogen (secondary N) is 1. The first-order valence-corrected chi connectivity index (χ1v) is 6.20. The summed E-state index contributed by atoms with van der Waals surface area (Å²) in [6.07, 6.45) is 3.04. The molecule has 0 aliphatic rings. The lowest BCUT2D eigenvalue weighted by atomic mass is 10.1. The molecule has 0 aromatic heterocycles. The maximum absolute atomic E-state index is 11.7. The Kier molecular flexibility index (Phi) is 5.30. The number of carboxylic acid groups (broad SMARTS) is 1. The quantitative estimate of drug-likeness (QED) is 0.800. The monoisotopic (exact) mass is 261 g/mol. The molecule has 0 heterocycles. The molecule has 0 radical (unpaired) electrons. The van der Waals surface area contributed by atoms with Gasteiger partial charge in [0.1, 0.15) is 0 Å². The minimum Gasteiger partial charge on any atom is -0.478 e. The van der Waals surface area contributed by atoms with E-state index in [0.717, 1.165) is 22.9 Å². The number of carboxylic acids is 1. The summed E-state index contributed by atoms with van der Waals surface area (Å²) in [6.45, 7) is 5.87. The summed E-state index contributed by atoms with van der Waals surface area (Å²) in [5, 5.41) is 11.4. The zero-order chi connectivity index (χ0) is 14.4. The van der Waals surface area contributed by atoms with Gasteiger partial charge in [0.2, 0.25) is 5.91 Å². The van der Waals surface area contributed by atoms with E-state index in [0.29, 0.717) is 12.3 Å². The zero-order valence-corrected chi connectivity index (χ0v) is 11.4. The second-order valence-corrected chi connectivity index (χ2v) is 4.89. The third-order valence-corrected chi connectivity index (χ3v) is 2.55. The normalized spacial score (nSPS) is 10.9. The largest absolute Gasteiger partial charge is 0.478 e. The van der Waals surface area contributed by atoms with E-state index in [4.69, 9.17) is 5.11 Å². The minimum absolute atomic E-state index is 0.0301. The lowest BCUT2D eigenvalue weighted by Gasteiger charge is -2.10. The summed E-state index contributed by atoms with van der Waals surface area (Å²) in [5.41, 5.74) is 2.41. The molecule has 0 unspecified atom stereocenters. The summed E-state index contributed by atoms with van der Waals surface area (Å²) in [7, 11) is 0. The predicted molar refractivity (Wildman–Crippen MR) is 75.9 cm³/mol. The Hall–Kier alpha value is -2.10. The fourth-order valence-electron chi connectivity index (χ4n) is 1.62. The van der Waals surface area contributed by atoms with Crippen molar-refractivity contribution in [2.24, 2.45) is 5.92 Å². The number of rotatable bonds is 5. The third kappa shape index (κ3) is 5.38. The zero-order valence-electron chi connectivity index (χ0n) is 11.4. The van der Waals surface area contributed by atoms with Gasteiger partial charge in [-0.25, -0.2) is 4.79 Å². The standard InChI is InChI=1S/C15H19NO3/c1-10(2)8-14(17)16-13-9-12(5-4-11(13)3)6-7-15(18)19/h4-7,9-10H,8H2,1-3H3,(H,16,17)(H,18,19). The maximum Gasteiger partial charge on any atom is 0.328 e. The summed E-state index contributed by atoms with van der Waals surface area (Å²) < 4.78 is 0. The van der Waals surface area contributed by atoms with Crippen LogP contribution < -0.4 is 5.32 Å². The highest BCUT2D eigenvalue weighted by Gasteiger charge is 2.07. The predicted octanol–water partition coefficient (Wildman–Crippen LogP) is 3.08. The Labute approximate surface area is 113 Å². The van der Waals surface area contributed by atoms with E-state index in [1.165, 1.54) is 6.08 Å². The van der Waals surface area contributed by atoms with Crippen LogP contribution in [0.3, 0.4) is 0 Å². The van der Waals surface area contributed by atoms with E-state index in [2.05, 4.69) is 5.32 Å². The van der Waals surface area contributed by atoms with Gasteiger partial charge in [0.25, 0.3) is 0 Å². The number of anilines is 1. The van der Waals surface area contributed by atoms with E-state index in [-0.39, 0.29) is 5.91 Å². The Morgan fingerprint density at radius 3 is 2.63 bits per heavy atom. The summed E-state index contributed by atoms with van der Waals surface area (Å²) >= 11 is 0. The SMILES string of the molecule is Cc1ccc(C=CC(=O)O)cc1NC(=O)CC(C)C. The maximum atomic E-state index is 11.7. The molecule has 4 nitrogen and oxygen atoms in total. The molecule has 0 bridgehead atoms. The minimum atomic E-state index is -0.994. The van der Waals surface area contributed by atoms with Crippen LogP contribution in [0.15, 0.2) is 24.3 Å². The van der Waals surface area contributed by atoms with Gasteiger partial charge in [0, 0.05) is 18.2 Å². The smallest absolute Gasteiger partial charge is 0.328 e. The van der Waals surface area contributed by atoms with Crippen molar-refractivity contribution in [2.75, 3.05) is 5.32 Å². The molecule has 0 aliphatic heterocycles. The fraction of sp³-hybridized carbons (Fsp3) is 0.333. The summed E-state index contributed by atoms with van der Waals surface area (Å²) in [5.74, 6) is -0.723. The van der Waals surface area contributed by atoms with Crippen molar-refractivity contribution in [2.45, 2.75) is 27.2 Å². The topological polar surface area (TPSA) is 66.4 Å². The van der Waals surface area contributed by atoms with Crippen LogP contribution in [-0.2, 0) is 9.59 Å². The Morgan fingerprint density at radius 2 is 2.05 bits per heavy atom. The molecule has 1 aromatic rings. The number of aliphatic carboxylic acids is 1. The molecule has 102 valence electrons. The molecule has 0 spiro atoms. The van der Waals surface area contributed by atoms with Crippen molar-refractivity contribution in [3.05, 3.63) is 35.4 Å². The van der Waals surface area contributed by atoms with Gasteiger partial charge in [-0.1, -0.05) is 26.0 Å². The molecule has 0 saturated carbocycles. The Bertz CT molecular complexity index is 504. The number of benzene rings is 1. The molecule has 0 aliphatic carbocycles. The molecule has 1 rings (SSSR count). The van der Waals surface area contributed by atoms with Gasteiger partial charge < -0.3 is 10.4 Å². The summed E-state index contributed by atoms with van der Waals surface area (Å²) in [6, 6.07) is 5.44. The molecule has 0 fully saturated rings. The van der Waals surface area contributed by atoms with Gasteiger partial charge in [-0.2, -0.15) is 0 Å². The van der Waals surface area contributed by atoms with Crippen molar-refractivity contribution >= 4 is 23.6 Å². The van der Waals surface area contributed by atoms with Gasteiger partial charge in [-0.3, -0.25) is 4.79 Å². The van der Waals surface area contributed by atoms with Crippen LogP contribution in [0.4, 0.5) is 5.69 Å². The number of carbonyl (C=O) groups excluding carboxylic acids is 1. The molecular weight excluding hydrogens is 242 g/mol. The van der Waals surface area contributed by atoms with Gasteiger partial charge in [-0.15, -0.1) is 0 Å². The summed E-state index contributed by atoms with van der Waals surface area (Å²) in [4.78, 5) is 22.2. The number of carbonyl (C=O) groups is 2. The van der Waals surface area contributed by atoms with Crippen LogP contribution >= 0.6 is 0 Å². The molecule has 0 saturated heterocycles. The van der Waals surface area contributed by atoms with Crippen LogP contribution in [0, 0.1) is 12.8 Å².